The number of ether oxygens (including phenoxy) is 3. The van der Waals surface area contributed by atoms with Crippen molar-refractivity contribution in [3.63, 3.8) is 0 Å². The van der Waals surface area contributed by atoms with Crippen LogP contribution in [-0.2, 0) is 14.2 Å². The van der Waals surface area contributed by atoms with Gasteiger partial charge in [-0.1, -0.05) is 121 Å². The van der Waals surface area contributed by atoms with E-state index in [0.29, 0.717) is 13.2 Å². The molecular weight excluding hydrogens is 456 g/mol. The number of hydrogen-bond donors (Lipinski definition) is 0. The molecule has 0 radical (unpaired) electrons. The van der Waals surface area contributed by atoms with Gasteiger partial charge in [-0.2, -0.15) is 0 Å². The molecule has 0 spiro atoms. The topological polar surface area (TPSA) is 27.7 Å². The molecule has 4 aromatic rings. The van der Waals surface area contributed by atoms with Crippen LogP contribution in [0.1, 0.15) is 45.6 Å². The van der Waals surface area contributed by atoms with E-state index < -0.39 is 0 Å². The van der Waals surface area contributed by atoms with Crippen molar-refractivity contribution in [2.45, 2.75) is 12.2 Å². The molecular formula is C34H34O3. The maximum absolute atomic E-state index is 6.64. The lowest BCUT2D eigenvalue weighted by molar-refractivity contribution is -0.0775. The second-order valence-electron chi connectivity index (χ2n) is 8.85. The van der Waals surface area contributed by atoms with Crippen LogP contribution in [-0.4, -0.2) is 27.4 Å². The molecule has 4 aromatic carbocycles. The fraction of sp³-hybridized carbons (Fsp3) is 0.176. The molecule has 0 aliphatic rings. The fourth-order valence-corrected chi connectivity index (χ4v) is 4.17. The monoisotopic (exact) mass is 490 g/mol. The molecule has 0 bridgehead atoms. The summed E-state index contributed by atoms with van der Waals surface area (Å²) < 4.78 is 17.8. The Balaban J connectivity index is 1.53. The Kier molecular flexibility index (Phi) is 10.0. The molecule has 3 nitrogen and oxygen atoms in total. The normalized spacial score (nSPS) is 13.2. The van der Waals surface area contributed by atoms with Crippen molar-refractivity contribution >= 4 is 24.3 Å². The molecule has 0 N–H and O–H groups in total. The van der Waals surface area contributed by atoms with Gasteiger partial charge in [0.05, 0.1) is 13.2 Å². The van der Waals surface area contributed by atoms with E-state index in [4.69, 9.17) is 14.2 Å². The van der Waals surface area contributed by atoms with E-state index in [1.165, 1.54) is 11.1 Å². The van der Waals surface area contributed by atoms with Crippen LogP contribution < -0.4 is 0 Å². The van der Waals surface area contributed by atoms with Crippen molar-refractivity contribution in [2.24, 2.45) is 0 Å². The lowest BCUT2D eigenvalue weighted by Gasteiger charge is -2.25. The average molecular weight is 491 g/mol. The van der Waals surface area contributed by atoms with Gasteiger partial charge in [-0.05, 0) is 45.5 Å². The van der Waals surface area contributed by atoms with Crippen molar-refractivity contribution in [1.82, 2.24) is 0 Å². The van der Waals surface area contributed by atoms with Crippen LogP contribution in [0.4, 0.5) is 0 Å². The highest BCUT2D eigenvalue weighted by Gasteiger charge is 2.21. The molecule has 0 saturated heterocycles. The Morgan fingerprint density at radius 3 is 1.27 bits per heavy atom. The third-order valence-corrected chi connectivity index (χ3v) is 6.07. The first kappa shape index (κ1) is 26.3. The first-order valence-electron chi connectivity index (χ1n) is 12.5. The summed E-state index contributed by atoms with van der Waals surface area (Å²) in [5.41, 5.74) is 6.69. The van der Waals surface area contributed by atoms with Gasteiger partial charge in [-0.25, -0.2) is 0 Å². The van der Waals surface area contributed by atoms with E-state index in [-0.39, 0.29) is 12.2 Å². The highest BCUT2D eigenvalue weighted by atomic mass is 16.6. The molecule has 0 amide bonds. The molecule has 0 heterocycles. The molecule has 188 valence electrons. The SMILES string of the molecule is COCC(OC(COC)c1cccc(C=Cc2ccccc2)c1)c1cccc(C=Cc2ccccc2)c1. The van der Waals surface area contributed by atoms with Crippen LogP contribution in [0.5, 0.6) is 0 Å². The van der Waals surface area contributed by atoms with Gasteiger partial charge in [0.1, 0.15) is 12.2 Å². The molecule has 2 unspecified atom stereocenters. The van der Waals surface area contributed by atoms with Crippen molar-refractivity contribution in [1.29, 1.82) is 0 Å². The molecule has 0 aliphatic heterocycles. The van der Waals surface area contributed by atoms with Gasteiger partial charge in [0.25, 0.3) is 0 Å². The van der Waals surface area contributed by atoms with Gasteiger partial charge in [0, 0.05) is 14.2 Å². The molecule has 0 fully saturated rings. The predicted octanol–water partition coefficient (Wildman–Crippen LogP) is 8.12. The Morgan fingerprint density at radius 1 is 0.486 bits per heavy atom. The zero-order valence-electron chi connectivity index (χ0n) is 21.5. The van der Waals surface area contributed by atoms with Crippen molar-refractivity contribution in [2.75, 3.05) is 27.4 Å². The molecule has 37 heavy (non-hydrogen) atoms. The van der Waals surface area contributed by atoms with E-state index in [9.17, 15) is 0 Å². The minimum atomic E-state index is -0.237. The average Bonchev–Trinajstić information content (AvgIpc) is 2.96. The summed E-state index contributed by atoms with van der Waals surface area (Å²) in [6, 6.07) is 37.4. The summed E-state index contributed by atoms with van der Waals surface area (Å²) in [5.74, 6) is 0. The second kappa shape index (κ2) is 14.1. The van der Waals surface area contributed by atoms with Crippen LogP contribution in [0, 0.1) is 0 Å². The van der Waals surface area contributed by atoms with E-state index in [1.807, 2.05) is 36.4 Å². The summed E-state index contributed by atoms with van der Waals surface area (Å²) in [4.78, 5) is 0. The predicted molar refractivity (Wildman–Crippen MR) is 154 cm³/mol. The Labute approximate surface area is 220 Å². The van der Waals surface area contributed by atoms with E-state index in [2.05, 4.69) is 97.1 Å². The van der Waals surface area contributed by atoms with Crippen LogP contribution in [0.15, 0.2) is 109 Å². The minimum absolute atomic E-state index is 0.237. The quantitative estimate of drug-likeness (QED) is 0.188. The lowest BCUT2D eigenvalue weighted by Crippen LogP contribution is -2.18. The maximum atomic E-state index is 6.64. The fourth-order valence-electron chi connectivity index (χ4n) is 4.17. The summed E-state index contributed by atoms with van der Waals surface area (Å²) in [7, 11) is 3.41. The third-order valence-electron chi connectivity index (χ3n) is 6.07. The summed E-state index contributed by atoms with van der Waals surface area (Å²) in [5, 5.41) is 0. The van der Waals surface area contributed by atoms with Gasteiger partial charge < -0.3 is 14.2 Å². The molecule has 3 heteroatoms. The summed E-state index contributed by atoms with van der Waals surface area (Å²) in [6.07, 6.45) is 8.01. The highest BCUT2D eigenvalue weighted by molar-refractivity contribution is 5.70. The van der Waals surface area contributed by atoms with Crippen LogP contribution in [0.2, 0.25) is 0 Å². The number of methoxy groups -OCH3 is 2. The van der Waals surface area contributed by atoms with Crippen LogP contribution in [0.25, 0.3) is 24.3 Å². The molecule has 0 aromatic heterocycles. The third kappa shape index (κ3) is 8.12. The first-order valence-corrected chi connectivity index (χ1v) is 12.5. The van der Waals surface area contributed by atoms with Crippen molar-refractivity contribution < 1.29 is 14.2 Å². The largest absolute Gasteiger partial charge is 0.382 e. The first-order chi connectivity index (χ1) is 18.2. The van der Waals surface area contributed by atoms with E-state index >= 15 is 0 Å². The van der Waals surface area contributed by atoms with Crippen molar-refractivity contribution in [3.05, 3.63) is 143 Å². The Bertz CT molecular complexity index is 1180. The number of rotatable bonds is 12. The number of benzene rings is 4. The van der Waals surface area contributed by atoms with Gasteiger partial charge in [-0.3, -0.25) is 0 Å². The highest BCUT2D eigenvalue weighted by Crippen LogP contribution is 2.29. The summed E-state index contributed by atoms with van der Waals surface area (Å²) >= 11 is 0. The van der Waals surface area contributed by atoms with Crippen molar-refractivity contribution in [3.8, 4) is 0 Å². The van der Waals surface area contributed by atoms with Gasteiger partial charge in [-0.15, -0.1) is 0 Å². The minimum Gasteiger partial charge on any atom is -0.382 e. The smallest absolute Gasteiger partial charge is 0.107 e. The second-order valence-corrected chi connectivity index (χ2v) is 8.85. The van der Waals surface area contributed by atoms with Gasteiger partial charge >= 0.3 is 0 Å². The standard InChI is InChI=1S/C34H34O3/c1-35-25-33(31-17-9-15-29(23-31)21-19-27-11-5-3-6-12-27)37-34(26-36-2)32-18-10-16-30(24-32)22-20-28-13-7-4-8-14-28/h3-24,33-34H,25-26H2,1-2H3. The summed E-state index contributed by atoms with van der Waals surface area (Å²) in [6.45, 7) is 0.888. The van der Waals surface area contributed by atoms with E-state index in [0.717, 1.165) is 22.3 Å². The van der Waals surface area contributed by atoms with Gasteiger partial charge in [0.2, 0.25) is 0 Å². The van der Waals surface area contributed by atoms with Gasteiger partial charge in [0.15, 0.2) is 0 Å². The van der Waals surface area contributed by atoms with E-state index in [1.54, 1.807) is 14.2 Å². The maximum Gasteiger partial charge on any atom is 0.107 e. The lowest BCUT2D eigenvalue weighted by atomic mass is 10.0. The Morgan fingerprint density at radius 2 is 0.865 bits per heavy atom. The number of hydrogen-bond acceptors (Lipinski definition) is 3. The molecule has 0 saturated carbocycles. The zero-order chi connectivity index (χ0) is 25.7. The molecule has 2 atom stereocenters. The molecule has 4 rings (SSSR count). The Hall–Kier alpha value is -3.76. The zero-order valence-corrected chi connectivity index (χ0v) is 21.5. The molecule has 0 aliphatic carbocycles. The van der Waals surface area contributed by atoms with Crippen LogP contribution >= 0.6 is 0 Å². The van der Waals surface area contributed by atoms with Crippen LogP contribution in [0.3, 0.4) is 0 Å².